The van der Waals surface area contributed by atoms with Crippen LogP contribution in [0.4, 0.5) is 14.5 Å². The van der Waals surface area contributed by atoms with Gasteiger partial charge in [0.05, 0.1) is 6.61 Å². The number of nitrogens with one attached hydrogen (secondary N) is 1. The van der Waals surface area contributed by atoms with Gasteiger partial charge in [0, 0.05) is 31.9 Å². The zero-order valence-corrected chi connectivity index (χ0v) is 12.2. The van der Waals surface area contributed by atoms with E-state index in [1.165, 1.54) is 11.3 Å². The number of ether oxygens (including phenoxy) is 1. The Morgan fingerprint density at radius 1 is 1.15 bits per heavy atom. The van der Waals surface area contributed by atoms with Crippen molar-refractivity contribution < 1.29 is 13.5 Å². The first-order valence-electron chi connectivity index (χ1n) is 7.07. The third-order valence-electron chi connectivity index (χ3n) is 3.06. The summed E-state index contributed by atoms with van der Waals surface area (Å²) in [7, 11) is 0. The minimum atomic E-state index is -2.39. The van der Waals surface area contributed by atoms with Crippen LogP contribution in [0.2, 0.25) is 0 Å². The molecular weight excluding hydrogens is 262 g/mol. The molecule has 1 aromatic carbocycles. The molecule has 0 saturated carbocycles. The summed E-state index contributed by atoms with van der Waals surface area (Å²) in [5.74, 6) is 0. The van der Waals surface area contributed by atoms with Crippen LogP contribution in [-0.2, 0) is 11.3 Å². The SMILES string of the molecule is CCN(CC)c1ccc(CNCCOCC(F)F)cc1. The number of hydrogen-bond donors (Lipinski definition) is 1. The van der Waals surface area contributed by atoms with E-state index in [2.05, 4.69) is 48.3 Å². The summed E-state index contributed by atoms with van der Waals surface area (Å²) in [5, 5.41) is 3.17. The van der Waals surface area contributed by atoms with Crippen molar-refractivity contribution in [3.05, 3.63) is 29.8 Å². The molecule has 1 N–H and O–H groups in total. The van der Waals surface area contributed by atoms with Crippen LogP contribution in [0.1, 0.15) is 19.4 Å². The molecule has 5 heteroatoms. The molecule has 0 aliphatic carbocycles. The third kappa shape index (κ3) is 6.30. The van der Waals surface area contributed by atoms with Crippen LogP contribution in [0.15, 0.2) is 24.3 Å². The molecule has 0 amide bonds. The van der Waals surface area contributed by atoms with Crippen molar-refractivity contribution in [3.63, 3.8) is 0 Å². The van der Waals surface area contributed by atoms with Gasteiger partial charge in [-0.05, 0) is 31.5 Å². The molecule has 0 unspecified atom stereocenters. The molecule has 0 spiro atoms. The Hall–Kier alpha value is -1.20. The van der Waals surface area contributed by atoms with Gasteiger partial charge in [0.25, 0.3) is 6.43 Å². The second-order valence-electron chi connectivity index (χ2n) is 4.48. The van der Waals surface area contributed by atoms with Crippen molar-refractivity contribution in [2.75, 3.05) is 37.7 Å². The Morgan fingerprint density at radius 2 is 1.80 bits per heavy atom. The topological polar surface area (TPSA) is 24.5 Å². The van der Waals surface area contributed by atoms with Crippen LogP contribution in [0.3, 0.4) is 0 Å². The molecule has 0 atom stereocenters. The lowest BCUT2D eigenvalue weighted by molar-refractivity contribution is 0.0187. The summed E-state index contributed by atoms with van der Waals surface area (Å²) in [6.07, 6.45) is -2.39. The summed E-state index contributed by atoms with van der Waals surface area (Å²) in [5.41, 5.74) is 2.40. The van der Waals surface area contributed by atoms with E-state index >= 15 is 0 Å². The van der Waals surface area contributed by atoms with Crippen LogP contribution >= 0.6 is 0 Å². The third-order valence-corrected chi connectivity index (χ3v) is 3.06. The van der Waals surface area contributed by atoms with Gasteiger partial charge in [0.1, 0.15) is 6.61 Å². The molecule has 0 aliphatic rings. The molecule has 0 fully saturated rings. The molecule has 1 aromatic rings. The fourth-order valence-electron chi connectivity index (χ4n) is 1.96. The minimum absolute atomic E-state index is 0.307. The summed E-state index contributed by atoms with van der Waals surface area (Å²) < 4.78 is 28.4. The van der Waals surface area contributed by atoms with E-state index in [9.17, 15) is 8.78 Å². The molecule has 0 saturated heterocycles. The van der Waals surface area contributed by atoms with Crippen molar-refractivity contribution in [1.82, 2.24) is 5.32 Å². The zero-order chi connectivity index (χ0) is 14.8. The number of anilines is 1. The van der Waals surface area contributed by atoms with E-state index in [-0.39, 0.29) is 0 Å². The molecule has 0 aromatic heterocycles. The number of halogens is 2. The van der Waals surface area contributed by atoms with Crippen molar-refractivity contribution in [2.24, 2.45) is 0 Å². The van der Waals surface area contributed by atoms with Gasteiger partial charge in [-0.1, -0.05) is 12.1 Å². The van der Waals surface area contributed by atoms with Crippen molar-refractivity contribution in [1.29, 1.82) is 0 Å². The van der Waals surface area contributed by atoms with E-state index in [0.717, 1.165) is 19.6 Å². The van der Waals surface area contributed by atoms with Crippen molar-refractivity contribution >= 4 is 5.69 Å². The lowest BCUT2D eigenvalue weighted by atomic mass is 10.2. The van der Waals surface area contributed by atoms with Crippen LogP contribution in [0, 0.1) is 0 Å². The fraction of sp³-hybridized carbons (Fsp3) is 0.600. The Labute approximate surface area is 119 Å². The maximum absolute atomic E-state index is 11.8. The Kier molecular flexibility index (Phi) is 8.14. The molecule has 3 nitrogen and oxygen atoms in total. The van der Waals surface area contributed by atoms with Gasteiger partial charge in [0.2, 0.25) is 0 Å². The largest absolute Gasteiger partial charge is 0.374 e. The Morgan fingerprint density at radius 3 is 2.35 bits per heavy atom. The quantitative estimate of drug-likeness (QED) is 0.669. The van der Waals surface area contributed by atoms with Gasteiger partial charge in [-0.2, -0.15) is 0 Å². The molecule has 0 bridgehead atoms. The summed E-state index contributed by atoms with van der Waals surface area (Å²) in [4.78, 5) is 2.29. The molecule has 20 heavy (non-hydrogen) atoms. The lowest BCUT2D eigenvalue weighted by Gasteiger charge is -2.21. The number of nitrogens with zero attached hydrogens (tertiary/aromatic N) is 1. The molecule has 0 aliphatic heterocycles. The maximum atomic E-state index is 11.8. The second-order valence-corrected chi connectivity index (χ2v) is 4.48. The number of rotatable bonds is 10. The highest BCUT2D eigenvalue weighted by atomic mass is 19.3. The van der Waals surface area contributed by atoms with Crippen LogP contribution < -0.4 is 10.2 Å². The standard InChI is InChI=1S/C15H24F2N2O/c1-3-19(4-2)14-7-5-13(6-8-14)11-18-9-10-20-12-15(16)17/h5-8,15,18H,3-4,9-12H2,1-2H3. The van der Waals surface area contributed by atoms with Gasteiger partial charge >= 0.3 is 0 Å². The predicted molar refractivity (Wildman–Crippen MR) is 78.5 cm³/mol. The van der Waals surface area contributed by atoms with Gasteiger partial charge < -0.3 is 15.0 Å². The van der Waals surface area contributed by atoms with Gasteiger partial charge in [0.15, 0.2) is 0 Å². The summed E-state index contributed by atoms with van der Waals surface area (Å²) >= 11 is 0. The van der Waals surface area contributed by atoms with Crippen LogP contribution in [0.25, 0.3) is 0 Å². The number of benzene rings is 1. The lowest BCUT2D eigenvalue weighted by Crippen LogP contribution is -2.22. The Bertz CT molecular complexity index is 353. The smallest absolute Gasteiger partial charge is 0.261 e. The van der Waals surface area contributed by atoms with Gasteiger partial charge in [-0.15, -0.1) is 0 Å². The predicted octanol–water partition coefficient (Wildman–Crippen LogP) is 2.90. The first-order chi connectivity index (χ1) is 9.67. The summed E-state index contributed by atoms with van der Waals surface area (Å²) in [6.45, 7) is 7.38. The van der Waals surface area contributed by atoms with Crippen LogP contribution in [-0.4, -0.2) is 39.3 Å². The molecule has 1 rings (SSSR count). The van der Waals surface area contributed by atoms with E-state index in [4.69, 9.17) is 4.74 Å². The number of alkyl halides is 2. The number of hydrogen-bond acceptors (Lipinski definition) is 3. The highest BCUT2D eigenvalue weighted by Gasteiger charge is 2.02. The maximum Gasteiger partial charge on any atom is 0.261 e. The second kappa shape index (κ2) is 9.66. The Balaban J connectivity index is 2.24. The first kappa shape index (κ1) is 16.9. The monoisotopic (exact) mass is 286 g/mol. The zero-order valence-electron chi connectivity index (χ0n) is 12.2. The highest BCUT2D eigenvalue weighted by Crippen LogP contribution is 2.14. The average molecular weight is 286 g/mol. The van der Waals surface area contributed by atoms with E-state index in [1.54, 1.807) is 0 Å². The normalized spacial score (nSPS) is 11.1. The van der Waals surface area contributed by atoms with E-state index < -0.39 is 13.0 Å². The van der Waals surface area contributed by atoms with E-state index in [1.807, 2.05) is 0 Å². The average Bonchev–Trinajstić information content (AvgIpc) is 2.45. The van der Waals surface area contributed by atoms with E-state index in [0.29, 0.717) is 13.2 Å². The van der Waals surface area contributed by atoms with Crippen molar-refractivity contribution in [2.45, 2.75) is 26.8 Å². The van der Waals surface area contributed by atoms with Crippen LogP contribution in [0.5, 0.6) is 0 Å². The van der Waals surface area contributed by atoms with Crippen molar-refractivity contribution in [3.8, 4) is 0 Å². The van der Waals surface area contributed by atoms with Gasteiger partial charge in [-0.25, -0.2) is 8.78 Å². The highest BCUT2D eigenvalue weighted by molar-refractivity contribution is 5.47. The fourth-order valence-corrected chi connectivity index (χ4v) is 1.96. The molecular formula is C15H24F2N2O. The molecule has 0 heterocycles. The summed E-state index contributed by atoms with van der Waals surface area (Å²) in [6, 6.07) is 8.38. The minimum Gasteiger partial charge on any atom is -0.374 e. The molecule has 0 radical (unpaired) electrons. The van der Waals surface area contributed by atoms with Gasteiger partial charge in [-0.3, -0.25) is 0 Å². The first-order valence-corrected chi connectivity index (χ1v) is 7.07. The molecule has 114 valence electrons.